The molecule has 0 spiro atoms. The van der Waals surface area contributed by atoms with Gasteiger partial charge in [-0.25, -0.2) is 0 Å². The molecule has 0 unspecified atom stereocenters. The van der Waals surface area contributed by atoms with Crippen LogP contribution in [0.2, 0.25) is 0 Å². The zero-order valence-corrected chi connectivity index (χ0v) is 9.75. The molecule has 2 rings (SSSR count). The van der Waals surface area contributed by atoms with Gasteiger partial charge in [-0.1, -0.05) is 0 Å². The molecule has 2 aromatic rings. The first-order valence-electron chi connectivity index (χ1n) is 5.29. The topological polar surface area (TPSA) is 77.5 Å². The van der Waals surface area contributed by atoms with E-state index in [4.69, 9.17) is 9.15 Å². The maximum atomic E-state index is 10.8. The molecule has 0 saturated heterocycles. The third kappa shape index (κ3) is 2.79. The number of ether oxygens (including phenoxy) is 1. The second-order valence-corrected chi connectivity index (χ2v) is 3.61. The summed E-state index contributed by atoms with van der Waals surface area (Å²) in [6.07, 6.45) is 1.57. The molecule has 1 aromatic heterocycles. The summed E-state index contributed by atoms with van der Waals surface area (Å²) in [6, 6.07) is 8.12. The highest BCUT2D eigenvalue weighted by Crippen LogP contribution is 2.26. The molecule has 18 heavy (non-hydrogen) atoms. The molecule has 0 fully saturated rings. The van der Waals surface area contributed by atoms with Crippen molar-refractivity contribution in [3.05, 3.63) is 52.5 Å². The quantitative estimate of drug-likeness (QED) is 0.650. The van der Waals surface area contributed by atoms with Gasteiger partial charge in [0.25, 0.3) is 5.69 Å². The Kier molecular flexibility index (Phi) is 3.47. The molecule has 0 atom stereocenters. The van der Waals surface area contributed by atoms with Crippen LogP contribution >= 0.6 is 0 Å². The molecule has 1 aromatic carbocycles. The largest absolute Gasteiger partial charge is 0.496 e. The third-order valence-electron chi connectivity index (χ3n) is 2.38. The minimum absolute atomic E-state index is 0.0173. The van der Waals surface area contributed by atoms with E-state index in [2.05, 4.69) is 5.32 Å². The Hall–Kier alpha value is -2.50. The van der Waals surface area contributed by atoms with Gasteiger partial charge in [-0.05, 0) is 12.1 Å². The Labute approximate surface area is 103 Å². The maximum Gasteiger partial charge on any atom is 0.275 e. The Bertz CT molecular complexity index is 537. The number of benzene rings is 1. The molecule has 6 nitrogen and oxygen atoms in total. The second-order valence-electron chi connectivity index (χ2n) is 3.61. The number of hydrogen-bond acceptors (Lipinski definition) is 5. The molecule has 0 aliphatic heterocycles. The van der Waals surface area contributed by atoms with E-state index >= 15 is 0 Å². The number of hydrogen-bond donors (Lipinski definition) is 1. The molecule has 94 valence electrons. The number of nitrogens with zero attached hydrogens (tertiary/aromatic N) is 1. The summed E-state index contributed by atoms with van der Waals surface area (Å²) in [7, 11) is 1.47. The predicted octanol–water partition coefficient (Wildman–Crippen LogP) is 2.81. The normalized spacial score (nSPS) is 10.1. The highest BCUT2D eigenvalue weighted by atomic mass is 16.6. The fraction of sp³-hybridized carbons (Fsp3) is 0.167. The Morgan fingerprint density at radius 3 is 2.89 bits per heavy atom. The Morgan fingerprint density at radius 2 is 2.28 bits per heavy atom. The van der Waals surface area contributed by atoms with Gasteiger partial charge in [0.15, 0.2) is 0 Å². The monoisotopic (exact) mass is 248 g/mol. The number of furan rings is 1. The van der Waals surface area contributed by atoms with E-state index in [-0.39, 0.29) is 5.69 Å². The molecule has 0 aliphatic rings. The number of anilines is 1. The van der Waals surface area contributed by atoms with Gasteiger partial charge in [0, 0.05) is 17.8 Å². The first kappa shape index (κ1) is 12.0. The molecular weight excluding hydrogens is 236 g/mol. The molecule has 0 amide bonds. The first-order chi connectivity index (χ1) is 8.69. The summed E-state index contributed by atoms with van der Waals surface area (Å²) >= 11 is 0. The van der Waals surface area contributed by atoms with Crippen LogP contribution in [0.1, 0.15) is 5.76 Å². The van der Waals surface area contributed by atoms with E-state index in [1.165, 1.54) is 19.2 Å². The van der Waals surface area contributed by atoms with Crippen molar-refractivity contribution in [1.82, 2.24) is 0 Å². The lowest BCUT2D eigenvalue weighted by Gasteiger charge is -2.07. The van der Waals surface area contributed by atoms with Crippen LogP contribution in [0, 0.1) is 10.1 Å². The van der Waals surface area contributed by atoms with Gasteiger partial charge in [0.1, 0.15) is 11.5 Å². The summed E-state index contributed by atoms with van der Waals surface area (Å²) in [5.74, 6) is 1.19. The minimum Gasteiger partial charge on any atom is -0.496 e. The van der Waals surface area contributed by atoms with Gasteiger partial charge >= 0.3 is 0 Å². The number of methoxy groups -OCH3 is 1. The second kappa shape index (κ2) is 5.22. The van der Waals surface area contributed by atoms with E-state index in [0.29, 0.717) is 18.0 Å². The summed E-state index contributed by atoms with van der Waals surface area (Å²) in [6.45, 7) is 0.456. The van der Waals surface area contributed by atoms with E-state index in [0.717, 1.165) is 5.76 Å². The molecular formula is C12H12N2O4. The van der Waals surface area contributed by atoms with Crippen LogP contribution in [0.25, 0.3) is 0 Å². The van der Waals surface area contributed by atoms with Crippen molar-refractivity contribution in [3.8, 4) is 5.75 Å². The van der Waals surface area contributed by atoms with E-state index in [1.807, 2.05) is 6.07 Å². The van der Waals surface area contributed by atoms with E-state index in [9.17, 15) is 10.1 Å². The van der Waals surface area contributed by atoms with Crippen molar-refractivity contribution in [1.29, 1.82) is 0 Å². The lowest BCUT2D eigenvalue weighted by atomic mass is 10.2. The average Bonchev–Trinajstić information content (AvgIpc) is 2.89. The van der Waals surface area contributed by atoms with Gasteiger partial charge in [0.05, 0.1) is 30.9 Å². The number of non-ortho nitro benzene ring substituents is 1. The average molecular weight is 248 g/mol. The van der Waals surface area contributed by atoms with E-state index < -0.39 is 4.92 Å². The predicted molar refractivity (Wildman–Crippen MR) is 65.7 cm³/mol. The summed E-state index contributed by atoms with van der Waals surface area (Å²) in [5.41, 5.74) is 0.591. The van der Waals surface area contributed by atoms with Gasteiger partial charge in [-0.3, -0.25) is 10.1 Å². The van der Waals surface area contributed by atoms with Gasteiger partial charge < -0.3 is 14.5 Å². The van der Waals surface area contributed by atoms with Gasteiger partial charge in [-0.2, -0.15) is 0 Å². The number of nitro benzene ring substituents is 1. The van der Waals surface area contributed by atoms with Crippen molar-refractivity contribution in [2.24, 2.45) is 0 Å². The van der Waals surface area contributed by atoms with Crippen molar-refractivity contribution in [2.45, 2.75) is 6.54 Å². The van der Waals surface area contributed by atoms with Crippen LogP contribution in [0.15, 0.2) is 41.0 Å². The molecule has 0 aliphatic carbocycles. The van der Waals surface area contributed by atoms with Crippen molar-refractivity contribution < 1.29 is 14.1 Å². The lowest BCUT2D eigenvalue weighted by molar-refractivity contribution is -0.384. The van der Waals surface area contributed by atoms with Gasteiger partial charge in [-0.15, -0.1) is 0 Å². The maximum absolute atomic E-state index is 10.8. The molecule has 0 radical (unpaired) electrons. The zero-order chi connectivity index (χ0) is 13.0. The highest BCUT2D eigenvalue weighted by molar-refractivity contribution is 5.56. The van der Waals surface area contributed by atoms with Crippen LogP contribution in [-0.2, 0) is 6.54 Å². The SMILES string of the molecule is COc1cc(NCc2ccco2)cc([N+](=O)[O-])c1. The zero-order valence-electron chi connectivity index (χ0n) is 9.75. The van der Waals surface area contributed by atoms with E-state index in [1.54, 1.807) is 18.4 Å². The Balaban J connectivity index is 2.16. The molecule has 0 bridgehead atoms. The molecule has 0 saturated carbocycles. The molecule has 6 heteroatoms. The third-order valence-corrected chi connectivity index (χ3v) is 2.38. The highest BCUT2D eigenvalue weighted by Gasteiger charge is 2.10. The summed E-state index contributed by atoms with van der Waals surface area (Å²) in [5, 5.41) is 13.8. The number of nitrogens with one attached hydrogen (secondary N) is 1. The fourth-order valence-corrected chi connectivity index (χ4v) is 1.51. The number of nitro groups is 1. The van der Waals surface area contributed by atoms with Crippen molar-refractivity contribution >= 4 is 11.4 Å². The van der Waals surface area contributed by atoms with Crippen LogP contribution < -0.4 is 10.1 Å². The Morgan fingerprint density at radius 1 is 1.44 bits per heavy atom. The van der Waals surface area contributed by atoms with Crippen LogP contribution in [0.5, 0.6) is 5.75 Å². The number of rotatable bonds is 5. The summed E-state index contributed by atoms with van der Waals surface area (Å²) < 4.78 is 10.2. The fourth-order valence-electron chi connectivity index (χ4n) is 1.51. The van der Waals surface area contributed by atoms with Crippen LogP contribution in [0.4, 0.5) is 11.4 Å². The standard InChI is InChI=1S/C12H12N2O4/c1-17-12-6-9(5-10(7-12)14(15)16)13-8-11-3-2-4-18-11/h2-7,13H,8H2,1H3. The lowest BCUT2D eigenvalue weighted by Crippen LogP contribution is -2.00. The van der Waals surface area contributed by atoms with Crippen LogP contribution in [-0.4, -0.2) is 12.0 Å². The first-order valence-corrected chi connectivity index (χ1v) is 5.29. The van der Waals surface area contributed by atoms with Gasteiger partial charge in [0.2, 0.25) is 0 Å². The van der Waals surface area contributed by atoms with Crippen LogP contribution in [0.3, 0.4) is 0 Å². The molecule has 1 heterocycles. The van der Waals surface area contributed by atoms with Crippen molar-refractivity contribution in [3.63, 3.8) is 0 Å². The molecule has 1 N–H and O–H groups in total. The summed E-state index contributed by atoms with van der Waals surface area (Å²) in [4.78, 5) is 10.3. The smallest absolute Gasteiger partial charge is 0.275 e. The van der Waals surface area contributed by atoms with Crippen molar-refractivity contribution in [2.75, 3.05) is 12.4 Å². The minimum atomic E-state index is -0.458.